The molecule has 8 nitrogen and oxygen atoms in total. The number of piperidine rings is 1. The van der Waals surface area contributed by atoms with Crippen molar-refractivity contribution in [3.05, 3.63) is 59.0 Å². The normalized spacial score (nSPS) is 19.3. The smallest absolute Gasteiger partial charge is 0.259 e. The van der Waals surface area contributed by atoms with Gasteiger partial charge in [-0.15, -0.1) is 0 Å². The Morgan fingerprint density at radius 3 is 2.92 bits per heavy atom. The van der Waals surface area contributed by atoms with Crippen molar-refractivity contribution in [2.45, 2.75) is 30.2 Å². The van der Waals surface area contributed by atoms with Crippen molar-refractivity contribution in [2.75, 3.05) is 6.54 Å². The van der Waals surface area contributed by atoms with Gasteiger partial charge in [-0.1, -0.05) is 6.42 Å². The predicted octanol–water partition coefficient (Wildman–Crippen LogP) is 1.33. The SMILES string of the molecule is O=c1cc([C@H]2CCCCN2S(=O)(=O)c2cccnc2)[nH]c2nccn12. The molecule has 25 heavy (non-hydrogen) atoms. The Morgan fingerprint density at radius 1 is 1.24 bits per heavy atom. The van der Waals surface area contributed by atoms with Gasteiger partial charge in [0.1, 0.15) is 4.90 Å². The van der Waals surface area contributed by atoms with Crippen molar-refractivity contribution < 1.29 is 8.42 Å². The predicted molar refractivity (Wildman–Crippen MR) is 90.5 cm³/mol. The second-order valence-corrected chi connectivity index (χ2v) is 7.89. The molecule has 4 rings (SSSR count). The second-order valence-electron chi connectivity index (χ2n) is 6.00. The number of H-pyrrole nitrogens is 1. The minimum absolute atomic E-state index is 0.158. The lowest BCUT2D eigenvalue weighted by molar-refractivity contribution is 0.251. The van der Waals surface area contributed by atoms with Crippen LogP contribution < -0.4 is 5.56 Å². The molecule has 9 heteroatoms. The molecule has 1 aliphatic rings. The lowest BCUT2D eigenvalue weighted by Gasteiger charge is -2.34. The number of nitrogens with zero attached hydrogens (tertiary/aromatic N) is 4. The van der Waals surface area contributed by atoms with Crippen LogP contribution in [0.4, 0.5) is 0 Å². The maximum absolute atomic E-state index is 13.0. The minimum Gasteiger partial charge on any atom is -0.327 e. The number of hydrogen-bond acceptors (Lipinski definition) is 5. The van der Waals surface area contributed by atoms with Crippen molar-refractivity contribution in [3.63, 3.8) is 0 Å². The molecule has 0 bridgehead atoms. The molecule has 0 spiro atoms. The van der Waals surface area contributed by atoms with Gasteiger partial charge in [-0.2, -0.15) is 4.31 Å². The van der Waals surface area contributed by atoms with E-state index >= 15 is 0 Å². The van der Waals surface area contributed by atoms with Crippen molar-refractivity contribution in [1.82, 2.24) is 23.7 Å². The summed E-state index contributed by atoms with van der Waals surface area (Å²) in [5.74, 6) is 0.409. The van der Waals surface area contributed by atoms with E-state index in [1.807, 2.05) is 0 Å². The topological polar surface area (TPSA) is 100 Å². The summed E-state index contributed by atoms with van der Waals surface area (Å²) in [6.45, 7) is 0.406. The Labute approximate surface area is 144 Å². The van der Waals surface area contributed by atoms with Crippen LogP contribution in [0.5, 0.6) is 0 Å². The first-order chi connectivity index (χ1) is 12.1. The molecule has 3 aromatic heterocycles. The number of nitrogens with one attached hydrogen (secondary N) is 1. The average molecular weight is 359 g/mol. The van der Waals surface area contributed by atoms with Crippen LogP contribution in [0.15, 0.2) is 52.7 Å². The molecule has 1 aliphatic heterocycles. The van der Waals surface area contributed by atoms with Gasteiger partial charge in [0.2, 0.25) is 15.8 Å². The van der Waals surface area contributed by atoms with Crippen LogP contribution >= 0.6 is 0 Å². The Bertz CT molecular complexity index is 1060. The lowest BCUT2D eigenvalue weighted by atomic mass is 10.0. The van der Waals surface area contributed by atoms with Crippen molar-refractivity contribution >= 4 is 15.8 Å². The maximum atomic E-state index is 13.0. The summed E-state index contributed by atoms with van der Waals surface area (Å²) >= 11 is 0. The van der Waals surface area contributed by atoms with Gasteiger partial charge in [0.15, 0.2) is 0 Å². The number of imidazole rings is 1. The third-order valence-electron chi connectivity index (χ3n) is 4.47. The zero-order chi connectivity index (χ0) is 17.4. The summed E-state index contributed by atoms with van der Waals surface area (Å²) < 4.78 is 28.9. The summed E-state index contributed by atoms with van der Waals surface area (Å²) in [6, 6.07) is 4.17. The molecule has 0 unspecified atom stereocenters. The molecule has 0 aromatic carbocycles. The van der Waals surface area contributed by atoms with Crippen LogP contribution in [0.2, 0.25) is 0 Å². The molecule has 1 fully saturated rings. The number of rotatable bonds is 3. The monoisotopic (exact) mass is 359 g/mol. The van der Waals surface area contributed by atoms with Gasteiger partial charge >= 0.3 is 0 Å². The molecule has 0 radical (unpaired) electrons. The molecule has 0 saturated carbocycles. The summed E-state index contributed by atoms with van der Waals surface area (Å²) in [4.78, 5) is 23.5. The Kier molecular flexibility index (Phi) is 3.89. The number of aromatic amines is 1. The van der Waals surface area contributed by atoms with Gasteiger partial charge in [-0.05, 0) is 25.0 Å². The van der Waals surface area contributed by atoms with E-state index in [9.17, 15) is 13.2 Å². The first-order valence-corrected chi connectivity index (χ1v) is 9.49. The highest BCUT2D eigenvalue weighted by molar-refractivity contribution is 7.89. The molecule has 4 heterocycles. The van der Waals surface area contributed by atoms with Gasteiger partial charge < -0.3 is 4.98 Å². The average Bonchev–Trinajstić information content (AvgIpc) is 3.12. The highest BCUT2D eigenvalue weighted by atomic mass is 32.2. The summed E-state index contributed by atoms with van der Waals surface area (Å²) in [6.07, 6.45) is 8.31. The Hall–Kier alpha value is -2.52. The third-order valence-corrected chi connectivity index (χ3v) is 6.36. The summed E-state index contributed by atoms with van der Waals surface area (Å²) in [5, 5.41) is 0. The van der Waals surface area contributed by atoms with Gasteiger partial charge in [0.25, 0.3) is 5.56 Å². The molecule has 0 aliphatic carbocycles. The maximum Gasteiger partial charge on any atom is 0.259 e. The number of hydrogen-bond donors (Lipinski definition) is 1. The van der Waals surface area contributed by atoms with Crippen molar-refractivity contribution in [1.29, 1.82) is 0 Å². The van der Waals surface area contributed by atoms with Gasteiger partial charge in [-0.3, -0.25) is 14.2 Å². The van der Waals surface area contributed by atoms with Crippen LogP contribution in [0.3, 0.4) is 0 Å². The summed E-state index contributed by atoms with van der Waals surface area (Å²) in [5.41, 5.74) is 0.335. The van der Waals surface area contributed by atoms with Gasteiger partial charge in [-0.25, -0.2) is 13.4 Å². The lowest BCUT2D eigenvalue weighted by Crippen LogP contribution is -2.39. The molecule has 3 aromatic rings. The highest BCUT2D eigenvalue weighted by Crippen LogP contribution is 2.34. The quantitative estimate of drug-likeness (QED) is 0.760. The van der Waals surface area contributed by atoms with Crippen LogP contribution in [0.25, 0.3) is 5.78 Å². The largest absolute Gasteiger partial charge is 0.327 e. The Morgan fingerprint density at radius 2 is 2.12 bits per heavy atom. The number of pyridine rings is 1. The van der Waals surface area contributed by atoms with Gasteiger partial charge in [0.05, 0.1) is 6.04 Å². The fraction of sp³-hybridized carbons (Fsp3) is 0.312. The molecule has 1 saturated heterocycles. The van der Waals surface area contributed by atoms with E-state index in [1.54, 1.807) is 12.3 Å². The summed E-state index contributed by atoms with van der Waals surface area (Å²) in [7, 11) is -3.69. The highest BCUT2D eigenvalue weighted by Gasteiger charge is 2.35. The van der Waals surface area contributed by atoms with E-state index < -0.39 is 16.1 Å². The number of sulfonamides is 1. The number of aromatic nitrogens is 4. The van der Waals surface area contributed by atoms with Crippen LogP contribution in [0, 0.1) is 0 Å². The fourth-order valence-corrected chi connectivity index (χ4v) is 4.90. The molecular weight excluding hydrogens is 342 g/mol. The van der Waals surface area contributed by atoms with Crippen LogP contribution in [-0.2, 0) is 10.0 Å². The standard InChI is InChI=1S/C16H17N5O3S/c22-15-10-13(19-16-18-7-9-20(15)16)14-5-1-2-8-21(14)25(23,24)12-4-3-6-17-11-12/h3-4,6-7,9-11,14H,1-2,5,8H2,(H,18,19)/t14-/m1/s1. The van der Waals surface area contributed by atoms with Crippen LogP contribution in [0.1, 0.15) is 31.0 Å². The first kappa shape index (κ1) is 16.0. The molecule has 1 N–H and O–H groups in total. The molecule has 130 valence electrons. The van der Waals surface area contributed by atoms with E-state index in [2.05, 4.69) is 15.0 Å². The first-order valence-electron chi connectivity index (χ1n) is 8.05. The Balaban J connectivity index is 1.80. The van der Waals surface area contributed by atoms with Crippen molar-refractivity contribution in [2.24, 2.45) is 0 Å². The van der Waals surface area contributed by atoms with Gasteiger partial charge in [0, 0.05) is 43.1 Å². The zero-order valence-electron chi connectivity index (χ0n) is 13.4. The van der Waals surface area contributed by atoms with E-state index in [0.29, 0.717) is 24.4 Å². The fourth-order valence-electron chi connectivity index (χ4n) is 3.26. The molecule has 1 atom stereocenters. The van der Waals surface area contributed by atoms with E-state index in [-0.39, 0.29) is 10.5 Å². The number of fused-ring (bicyclic) bond motifs is 1. The molecule has 0 amide bonds. The van der Waals surface area contributed by atoms with E-state index in [1.165, 1.54) is 39.4 Å². The molecular formula is C16H17N5O3S. The third kappa shape index (κ3) is 2.75. The second kappa shape index (κ2) is 6.08. The van der Waals surface area contributed by atoms with Crippen LogP contribution in [-0.4, -0.2) is 38.6 Å². The zero-order valence-corrected chi connectivity index (χ0v) is 14.2. The van der Waals surface area contributed by atoms with E-state index in [0.717, 1.165) is 12.8 Å². The van der Waals surface area contributed by atoms with E-state index in [4.69, 9.17) is 0 Å². The minimum atomic E-state index is -3.69. The van der Waals surface area contributed by atoms with Crippen molar-refractivity contribution in [3.8, 4) is 0 Å².